The van der Waals surface area contributed by atoms with E-state index in [-0.39, 0.29) is 0 Å². The molecule has 0 saturated carbocycles. The summed E-state index contributed by atoms with van der Waals surface area (Å²) >= 11 is 5.96. The van der Waals surface area contributed by atoms with Crippen molar-refractivity contribution in [1.29, 1.82) is 0 Å². The lowest BCUT2D eigenvalue weighted by molar-refractivity contribution is -0.127. The van der Waals surface area contributed by atoms with Gasteiger partial charge < -0.3 is 9.47 Å². The Morgan fingerprint density at radius 2 is 1.77 bits per heavy atom. The molecule has 0 aromatic heterocycles. The van der Waals surface area contributed by atoms with Crippen LogP contribution in [0.2, 0.25) is 5.02 Å². The predicted octanol–water partition coefficient (Wildman–Crippen LogP) is 5.94. The lowest BCUT2D eigenvalue weighted by atomic mass is 10.0. The third-order valence-electron chi connectivity index (χ3n) is 5.23. The third-order valence-corrected chi connectivity index (χ3v) is 5.47. The fourth-order valence-electron chi connectivity index (χ4n) is 3.48. The maximum Gasteiger partial charge on any atom is 0.343 e. The molecule has 4 aromatic carbocycles. The third kappa shape index (κ3) is 6.05. The second kappa shape index (κ2) is 10.8. The van der Waals surface area contributed by atoms with E-state index in [2.05, 4.69) is 10.5 Å². The first-order valence-corrected chi connectivity index (χ1v) is 11.3. The highest BCUT2D eigenvalue weighted by molar-refractivity contribution is 6.30. The highest BCUT2D eigenvalue weighted by atomic mass is 35.5. The van der Waals surface area contributed by atoms with E-state index in [1.807, 2.05) is 43.3 Å². The number of hydrogen-bond donors (Lipinski definition) is 1. The van der Waals surface area contributed by atoms with Crippen LogP contribution < -0.4 is 14.9 Å². The van der Waals surface area contributed by atoms with Gasteiger partial charge in [0, 0.05) is 10.6 Å². The molecule has 1 atom stereocenters. The Morgan fingerprint density at radius 3 is 2.57 bits per heavy atom. The summed E-state index contributed by atoms with van der Waals surface area (Å²) in [5.41, 5.74) is 4.45. The first-order chi connectivity index (χ1) is 16.9. The summed E-state index contributed by atoms with van der Waals surface area (Å²) in [4.78, 5) is 25.3. The van der Waals surface area contributed by atoms with E-state index in [4.69, 9.17) is 21.1 Å². The normalized spacial score (nSPS) is 11.9. The van der Waals surface area contributed by atoms with Crippen molar-refractivity contribution in [2.75, 3.05) is 0 Å². The van der Waals surface area contributed by atoms with Crippen molar-refractivity contribution < 1.29 is 19.1 Å². The van der Waals surface area contributed by atoms with Gasteiger partial charge in [-0.05, 0) is 61.0 Å². The average Bonchev–Trinajstić information content (AvgIpc) is 2.85. The van der Waals surface area contributed by atoms with Crippen molar-refractivity contribution in [3.8, 4) is 11.5 Å². The van der Waals surface area contributed by atoms with Crippen LogP contribution in [0.5, 0.6) is 11.5 Å². The fourth-order valence-corrected chi connectivity index (χ4v) is 3.66. The molecule has 176 valence electrons. The lowest BCUT2D eigenvalue weighted by Gasteiger charge is -2.13. The number of carbonyl (C=O) groups is 2. The van der Waals surface area contributed by atoms with E-state index in [0.29, 0.717) is 27.6 Å². The number of carbonyl (C=O) groups excluding carboxylic acids is 2. The number of nitrogens with one attached hydrogen (secondary N) is 1. The zero-order chi connectivity index (χ0) is 24.8. The Balaban J connectivity index is 1.54. The molecule has 1 amide bonds. The highest BCUT2D eigenvalue weighted by Gasteiger charge is 2.16. The van der Waals surface area contributed by atoms with Crippen LogP contribution in [0.1, 0.15) is 28.4 Å². The summed E-state index contributed by atoms with van der Waals surface area (Å²) in [6.45, 7) is 3.52. The van der Waals surface area contributed by atoms with Gasteiger partial charge in [-0.3, -0.25) is 4.79 Å². The van der Waals surface area contributed by atoms with Gasteiger partial charge in [0.2, 0.25) is 0 Å². The van der Waals surface area contributed by atoms with Gasteiger partial charge in [-0.15, -0.1) is 0 Å². The first-order valence-electron chi connectivity index (χ1n) is 11.0. The van der Waals surface area contributed by atoms with Crippen LogP contribution in [0, 0.1) is 6.92 Å². The molecule has 1 unspecified atom stereocenters. The lowest BCUT2D eigenvalue weighted by Crippen LogP contribution is -2.33. The predicted molar refractivity (Wildman–Crippen MR) is 137 cm³/mol. The molecule has 0 fully saturated rings. The first kappa shape index (κ1) is 24.0. The van der Waals surface area contributed by atoms with Crippen LogP contribution >= 0.6 is 11.6 Å². The molecule has 4 aromatic rings. The molecule has 0 aliphatic heterocycles. The molecule has 0 aliphatic carbocycles. The van der Waals surface area contributed by atoms with Crippen molar-refractivity contribution in [3.05, 3.63) is 107 Å². The molecule has 0 radical (unpaired) electrons. The smallest absolute Gasteiger partial charge is 0.343 e. The zero-order valence-corrected chi connectivity index (χ0v) is 20.0. The summed E-state index contributed by atoms with van der Waals surface area (Å²) in [6.07, 6.45) is 0.655. The standard InChI is InChI=1S/C28H23ClN2O4/c1-18-7-5-9-21(15-18)28(33)35-26-14-13-20-8-3-4-12-24(20)25(26)17-30-31-27(32)19(2)34-23-11-6-10-22(29)16-23/h3-17,19H,1-2H3,(H,31,32)/b30-17+. The molecule has 4 rings (SSSR count). The molecule has 0 heterocycles. The largest absolute Gasteiger partial charge is 0.481 e. The minimum Gasteiger partial charge on any atom is -0.481 e. The number of fused-ring (bicyclic) bond motifs is 1. The minimum atomic E-state index is -0.809. The molecular weight excluding hydrogens is 464 g/mol. The van der Waals surface area contributed by atoms with Gasteiger partial charge in [0.1, 0.15) is 11.5 Å². The Hall–Kier alpha value is -4.16. The van der Waals surface area contributed by atoms with Crippen molar-refractivity contribution in [2.24, 2.45) is 5.10 Å². The zero-order valence-electron chi connectivity index (χ0n) is 19.2. The number of benzene rings is 4. The van der Waals surface area contributed by atoms with Gasteiger partial charge in [-0.2, -0.15) is 5.10 Å². The Morgan fingerprint density at radius 1 is 0.971 bits per heavy atom. The number of rotatable bonds is 7. The van der Waals surface area contributed by atoms with Gasteiger partial charge in [0.15, 0.2) is 6.10 Å². The second-order valence-corrected chi connectivity index (χ2v) is 8.35. The minimum absolute atomic E-state index is 0.330. The number of ether oxygens (including phenoxy) is 2. The van der Waals surface area contributed by atoms with Crippen LogP contribution in [0.25, 0.3) is 10.8 Å². The van der Waals surface area contributed by atoms with Crippen LogP contribution in [0.15, 0.2) is 90.0 Å². The number of amides is 1. The summed E-state index contributed by atoms with van der Waals surface area (Å²) < 4.78 is 11.3. The van der Waals surface area contributed by atoms with Crippen molar-refractivity contribution in [2.45, 2.75) is 20.0 Å². The quantitative estimate of drug-likeness (QED) is 0.152. The van der Waals surface area contributed by atoms with E-state index in [1.54, 1.807) is 55.5 Å². The fraction of sp³-hybridized carbons (Fsp3) is 0.107. The molecule has 0 aliphatic rings. The number of esters is 1. The summed E-state index contributed by atoms with van der Waals surface area (Å²) in [5.74, 6) is -0.120. The van der Waals surface area contributed by atoms with Crippen molar-refractivity contribution in [3.63, 3.8) is 0 Å². The average molecular weight is 487 g/mol. The molecule has 0 bridgehead atoms. The number of halogens is 1. The van der Waals surface area contributed by atoms with E-state index in [9.17, 15) is 9.59 Å². The maximum atomic E-state index is 12.8. The summed E-state index contributed by atoms with van der Waals surface area (Å²) in [5, 5.41) is 6.38. The Bertz CT molecular complexity index is 1420. The number of hydrazone groups is 1. The molecule has 35 heavy (non-hydrogen) atoms. The van der Waals surface area contributed by atoms with Crippen LogP contribution in [0.3, 0.4) is 0 Å². The van der Waals surface area contributed by atoms with E-state index >= 15 is 0 Å². The van der Waals surface area contributed by atoms with Gasteiger partial charge in [-0.25, -0.2) is 10.2 Å². The molecule has 0 spiro atoms. The Labute approximate surface area is 208 Å². The number of aryl methyl sites for hydroxylation is 1. The number of nitrogens with zero attached hydrogens (tertiary/aromatic N) is 1. The molecule has 1 N–H and O–H groups in total. The van der Waals surface area contributed by atoms with E-state index < -0.39 is 18.0 Å². The van der Waals surface area contributed by atoms with Gasteiger partial charge >= 0.3 is 5.97 Å². The molecule has 0 saturated heterocycles. The molecular formula is C28H23ClN2O4. The molecule has 7 heteroatoms. The maximum absolute atomic E-state index is 12.8. The van der Waals surface area contributed by atoms with Gasteiger partial charge in [0.05, 0.1) is 11.8 Å². The monoisotopic (exact) mass is 486 g/mol. The van der Waals surface area contributed by atoms with Crippen molar-refractivity contribution >= 4 is 40.5 Å². The van der Waals surface area contributed by atoms with Gasteiger partial charge in [0.25, 0.3) is 5.91 Å². The highest BCUT2D eigenvalue weighted by Crippen LogP contribution is 2.27. The van der Waals surface area contributed by atoms with Crippen LogP contribution in [-0.2, 0) is 4.79 Å². The Kier molecular flexibility index (Phi) is 7.43. The summed E-state index contributed by atoms with van der Waals surface area (Å²) in [7, 11) is 0. The van der Waals surface area contributed by atoms with Crippen LogP contribution in [0.4, 0.5) is 0 Å². The van der Waals surface area contributed by atoms with Crippen molar-refractivity contribution in [1.82, 2.24) is 5.43 Å². The van der Waals surface area contributed by atoms with E-state index in [0.717, 1.165) is 16.3 Å². The SMILES string of the molecule is Cc1cccc(C(=O)Oc2ccc3ccccc3c2/C=N/NC(=O)C(C)Oc2cccc(Cl)c2)c1. The second-order valence-electron chi connectivity index (χ2n) is 7.91. The summed E-state index contributed by atoms with van der Waals surface area (Å²) in [6, 6.07) is 25.2. The van der Waals surface area contributed by atoms with E-state index in [1.165, 1.54) is 6.21 Å². The molecule has 6 nitrogen and oxygen atoms in total. The van der Waals surface area contributed by atoms with Crippen LogP contribution in [-0.4, -0.2) is 24.2 Å². The topological polar surface area (TPSA) is 77.0 Å². The number of hydrogen-bond acceptors (Lipinski definition) is 5. The van der Waals surface area contributed by atoms with Gasteiger partial charge in [-0.1, -0.05) is 65.7 Å².